The summed E-state index contributed by atoms with van der Waals surface area (Å²) in [6, 6.07) is 8.02. The van der Waals surface area contributed by atoms with Crippen LogP contribution in [-0.4, -0.2) is 47.6 Å². The number of hydrogen-bond donors (Lipinski definition) is 2. The highest BCUT2D eigenvalue weighted by molar-refractivity contribution is 8.03. The first kappa shape index (κ1) is 19.5. The van der Waals surface area contributed by atoms with Crippen molar-refractivity contribution in [2.75, 3.05) is 30.5 Å². The van der Waals surface area contributed by atoms with Crippen molar-refractivity contribution in [3.63, 3.8) is 0 Å². The van der Waals surface area contributed by atoms with E-state index in [2.05, 4.69) is 15.5 Å². The predicted molar refractivity (Wildman–Crippen MR) is 103 cm³/mol. The minimum absolute atomic E-state index is 0.0665. The molecule has 0 saturated heterocycles. The Morgan fingerprint density at radius 3 is 2.28 bits per heavy atom. The second-order valence-electron chi connectivity index (χ2n) is 5.22. The van der Waals surface area contributed by atoms with Gasteiger partial charge in [-0.25, -0.2) is 0 Å². The molecule has 0 spiro atoms. The molecule has 1 aromatic carbocycles. The number of carbonyl (C=O) groups is 2. The highest BCUT2D eigenvalue weighted by atomic mass is 32.2. The fourth-order valence-electron chi connectivity index (χ4n) is 1.74. The van der Waals surface area contributed by atoms with Gasteiger partial charge in [0.05, 0.1) is 11.5 Å². The number of benzene rings is 1. The molecule has 2 aromatic rings. The van der Waals surface area contributed by atoms with Gasteiger partial charge >= 0.3 is 0 Å². The maximum absolute atomic E-state index is 11.9. The van der Waals surface area contributed by atoms with E-state index in [1.165, 1.54) is 34.9 Å². The standard InChI is InChI=1S/C15H19N5O2S3/c1-20(2)11-5-3-10(4-6-11)7-17-13(22)9-24-15-19-18-14(25-15)23-8-12(16)21/h3-6H,7-9H2,1-2H3,(H2,16,21)(H,17,22). The predicted octanol–water partition coefficient (Wildman–Crippen LogP) is 1.59. The summed E-state index contributed by atoms with van der Waals surface area (Å²) in [5.74, 6) is -0.0206. The van der Waals surface area contributed by atoms with Gasteiger partial charge < -0.3 is 16.0 Å². The summed E-state index contributed by atoms with van der Waals surface area (Å²) in [6.07, 6.45) is 0. The van der Waals surface area contributed by atoms with E-state index in [4.69, 9.17) is 5.73 Å². The first-order chi connectivity index (χ1) is 11.9. The fraction of sp³-hybridized carbons (Fsp3) is 0.333. The molecular weight excluding hydrogens is 378 g/mol. The summed E-state index contributed by atoms with van der Waals surface area (Å²) in [5, 5.41) is 10.8. The van der Waals surface area contributed by atoms with Crippen molar-refractivity contribution < 1.29 is 9.59 Å². The number of carbonyl (C=O) groups excluding carboxylic acids is 2. The molecule has 0 atom stereocenters. The number of amides is 2. The largest absolute Gasteiger partial charge is 0.378 e. The van der Waals surface area contributed by atoms with Crippen LogP contribution in [0.5, 0.6) is 0 Å². The summed E-state index contributed by atoms with van der Waals surface area (Å²) >= 11 is 3.92. The van der Waals surface area contributed by atoms with Gasteiger partial charge in [0.15, 0.2) is 8.68 Å². The van der Waals surface area contributed by atoms with Gasteiger partial charge in [-0.1, -0.05) is 47.0 Å². The SMILES string of the molecule is CN(C)c1ccc(CNC(=O)CSc2nnc(SCC(N)=O)s2)cc1. The Labute approximate surface area is 158 Å². The molecule has 0 aliphatic heterocycles. The lowest BCUT2D eigenvalue weighted by Gasteiger charge is -2.12. The van der Waals surface area contributed by atoms with Gasteiger partial charge in [0.1, 0.15) is 0 Å². The van der Waals surface area contributed by atoms with Gasteiger partial charge in [-0.15, -0.1) is 10.2 Å². The van der Waals surface area contributed by atoms with Gasteiger partial charge in [-0.05, 0) is 17.7 Å². The van der Waals surface area contributed by atoms with Crippen LogP contribution < -0.4 is 16.0 Å². The highest BCUT2D eigenvalue weighted by Crippen LogP contribution is 2.28. The van der Waals surface area contributed by atoms with Crippen molar-refractivity contribution in [1.82, 2.24) is 15.5 Å². The van der Waals surface area contributed by atoms with Crippen molar-refractivity contribution >= 4 is 52.4 Å². The topological polar surface area (TPSA) is 101 Å². The first-order valence-electron chi connectivity index (χ1n) is 7.34. The lowest BCUT2D eigenvalue weighted by molar-refractivity contribution is -0.118. The minimum Gasteiger partial charge on any atom is -0.378 e. The van der Waals surface area contributed by atoms with Crippen molar-refractivity contribution in [2.24, 2.45) is 5.73 Å². The van der Waals surface area contributed by atoms with E-state index in [0.29, 0.717) is 15.2 Å². The maximum atomic E-state index is 11.9. The maximum Gasteiger partial charge on any atom is 0.230 e. The second kappa shape index (κ2) is 9.64. The number of nitrogens with one attached hydrogen (secondary N) is 1. The Bertz CT molecular complexity index is 718. The van der Waals surface area contributed by atoms with Gasteiger partial charge in [-0.3, -0.25) is 9.59 Å². The summed E-state index contributed by atoms with van der Waals surface area (Å²) in [4.78, 5) is 24.7. The molecule has 10 heteroatoms. The number of anilines is 1. The Morgan fingerprint density at radius 2 is 1.72 bits per heavy atom. The van der Waals surface area contributed by atoms with Crippen LogP contribution in [0.1, 0.15) is 5.56 Å². The summed E-state index contributed by atoms with van der Waals surface area (Å²) < 4.78 is 1.36. The van der Waals surface area contributed by atoms with Crippen LogP contribution in [0.4, 0.5) is 5.69 Å². The van der Waals surface area contributed by atoms with Crippen molar-refractivity contribution in [1.29, 1.82) is 0 Å². The van der Waals surface area contributed by atoms with Crippen LogP contribution in [0.15, 0.2) is 32.9 Å². The molecule has 0 radical (unpaired) electrons. The lowest BCUT2D eigenvalue weighted by Crippen LogP contribution is -2.24. The number of primary amides is 1. The molecule has 1 heterocycles. The van der Waals surface area contributed by atoms with E-state index >= 15 is 0 Å². The number of hydrogen-bond acceptors (Lipinski definition) is 8. The van der Waals surface area contributed by atoms with Crippen molar-refractivity contribution in [3.05, 3.63) is 29.8 Å². The van der Waals surface area contributed by atoms with Crippen molar-refractivity contribution in [3.8, 4) is 0 Å². The Balaban J connectivity index is 1.72. The highest BCUT2D eigenvalue weighted by Gasteiger charge is 2.09. The number of nitrogens with two attached hydrogens (primary N) is 1. The van der Waals surface area contributed by atoms with Gasteiger partial charge in [0.2, 0.25) is 11.8 Å². The molecule has 0 fully saturated rings. The summed E-state index contributed by atoms with van der Waals surface area (Å²) in [7, 11) is 3.97. The van der Waals surface area contributed by atoms with Crippen LogP contribution in [0.25, 0.3) is 0 Å². The van der Waals surface area contributed by atoms with E-state index in [9.17, 15) is 9.59 Å². The molecule has 0 saturated carbocycles. The monoisotopic (exact) mass is 397 g/mol. The smallest absolute Gasteiger partial charge is 0.230 e. The summed E-state index contributed by atoms with van der Waals surface area (Å²) in [6.45, 7) is 0.489. The molecular formula is C15H19N5O2S3. The third kappa shape index (κ3) is 6.92. The minimum atomic E-state index is -0.396. The molecule has 0 aliphatic rings. The van der Waals surface area contributed by atoms with Crippen LogP contribution in [0, 0.1) is 0 Å². The zero-order valence-electron chi connectivity index (χ0n) is 13.9. The van der Waals surface area contributed by atoms with Crippen LogP contribution in [0.2, 0.25) is 0 Å². The van der Waals surface area contributed by atoms with E-state index in [1.807, 2.05) is 43.3 Å². The van der Waals surface area contributed by atoms with E-state index in [-0.39, 0.29) is 17.4 Å². The van der Waals surface area contributed by atoms with Crippen LogP contribution in [0.3, 0.4) is 0 Å². The van der Waals surface area contributed by atoms with Crippen molar-refractivity contribution in [2.45, 2.75) is 15.2 Å². The van der Waals surface area contributed by atoms with Gasteiger partial charge in [0, 0.05) is 26.3 Å². The Hall–Kier alpha value is -1.78. The number of thioether (sulfide) groups is 2. The normalized spacial score (nSPS) is 10.5. The molecule has 0 aliphatic carbocycles. The van der Waals surface area contributed by atoms with Gasteiger partial charge in [-0.2, -0.15) is 0 Å². The quantitative estimate of drug-likeness (QED) is 0.620. The Morgan fingerprint density at radius 1 is 1.12 bits per heavy atom. The van der Waals surface area contributed by atoms with E-state index < -0.39 is 5.91 Å². The fourth-order valence-corrected chi connectivity index (χ4v) is 4.33. The molecule has 7 nitrogen and oxygen atoms in total. The van der Waals surface area contributed by atoms with Crippen LogP contribution >= 0.6 is 34.9 Å². The third-order valence-electron chi connectivity index (χ3n) is 2.99. The second-order valence-corrected chi connectivity index (χ2v) is 8.64. The van der Waals surface area contributed by atoms with Gasteiger partial charge in [0.25, 0.3) is 0 Å². The summed E-state index contributed by atoms with van der Waals surface area (Å²) in [5.41, 5.74) is 7.25. The molecule has 2 amide bonds. The molecule has 0 bridgehead atoms. The van der Waals surface area contributed by atoms with E-state index in [0.717, 1.165) is 11.3 Å². The molecule has 1 aromatic heterocycles. The number of aromatic nitrogens is 2. The number of rotatable bonds is 9. The third-order valence-corrected chi connectivity index (χ3v) is 6.21. The zero-order valence-corrected chi connectivity index (χ0v) is 16.3. The Kier molecular flexibility index (Phi) is 7.53. The number of nitrogens with zero attached hydrogens (tertiary/aromatic N) is 3. The molecule has 134 valence electrons. The zero-order chi connectivity index (χ0) is 18.2. The first-order valence-corrected chi connectivity index (χ1v) is 10.1. The average Bonchev–Trinajstić information content (AvgIpc) is 3.04. The lowest BCUT2D eigenvalue weighted by atomic mass is 10.2. The molecule has 3 N–H and O–H groups in total. The molecule has 0 unspecified atom stereocenters. The average molecular weight is 398 g/mol. The van der Waals surface area contributed by atoms with E-state index in [1.54, 1.807) is 0 Å². The van der Waals surface area contributed by atoms with Crippen LogP contribution in [-0.2, 0) is 16.1 Å². The molecule has 25 heavy (non-hydrogen) atoms. The molecule has 2 rings (SSSR count).